The minimum atomic E-state index is 0.582. The summed E-state index contributed by atoms with van der Waals surface area (Å²) in [4.78, 5) is 0. The lowest BCUT2D eigenvalue weighted by Crippen LogP contribution is -2.72. The van der Waals surface area contributed by atoms with E-state index in [0.717, 1.165) is 24.6 Å². The van der Waals surface area contributed by atoms with E-state index in [-0.39, 0.29) is 0 Å². The van der Waals surface area contributed by atoms with Crippen molar-refractivity contribution in [3.63, 3.8) is 0 Å². The van der Waals surface area contributed by atoms with Crippen molar-refractivity contribution in [2.45, 2.75) is 76.0 Å². The molecule has 0 radical (unpaired) electrons. The summed E-state index contributed by atoms with van der Waals surface area (Å²) in [6, 6.07) is 1.64. The van der Waals surface area contributed by atoms with Gasteiger partial charge in [-0.3, -0.25) is 0 Å². The van der Waals surface area contributed by atoms with Crippen LogP contribution in [0.3, 0.4) is 0 Å². The summed E-state index contributed by atoms with van der Waals surface area (Å²) < 4.78 is 5.99. The first-order valence-corrected chi connectivity index (χ1v) is 7.78. The molecule has 1 heterocycles. The maximum absolute atomic E-state index is 5.99. The van der Waals surface area contributed by atoms with E-state index in [4.69, 9.17) is 4.74 Å². The summed E-state index contributed by atoms with van der Waals surface area (Å²) in [5, 5.41) is 4.04. The standard InChI is InChI=1S/C15H25NO/c1-2-5-11(6-3-1)16-13-12-7-10-17-14(12)15(13)8-4-9-15/h11-14,16H,1-10H2. The van der Waals surface area contributed by atoms with Gasteiger partial charge in [-0.05, 0) is 32.1 Å². The van der Waals surface area contributed by atoms with Crippen LogP contribution < -0.4 is 5.32 Å². The Balaban J connectivity index is 1.45. The van der Waals surface area contributed by atoms with Crippen molar-refractivity contribution in [3.8, 4) is 0 Å². The Labute approximate surface area is 104 Å². The molecule has 3 atom stereocenters. The van der Waals surface area contributed by atoms with Crippen LogP contribution in [0.25, 0.3) is 0 Å². The van der Waals surface area contributed by atoms with Crippen molar-refractivity contribution in [3.05, 3.63) is 0 Å². The Bertz CT molecular complexity index is 293. The third kappa shape index (κ3) is 1.46. The monoisotopic (exact) mass is 235 g/mol. The summed E-state index contributed by atoms with van der Waals surface area (Å²) in [7, 11) is 0. The fourth-order valence-electron chi connectivity index (χ4n) is 5.02. The van der Waals surface area contributed by atoms with E-state index in [1.54, 1.807) is 0 Å². The molecule has 4 rings (SSSR count). The van der Waals surface area contributed by atoms with Gasteiger partial charge in [0.15, 0.2) is 0 Å². The molecule has 3 unspecified atom stereocenters. The van der Waals surface area contributed by atoms with Crippen LogP contribution >= 0.6 is 0 Å². The van der Waals surface area contributed by atoms with E-state index in [0.29, 0.717) is 11.5 Å². The molecule has 1 saturated heterocycles. The SMILES string of the molecule is C1CCC(NC2C3CCOC3C23CCC3)CC1. The molecule has 1 N–H and O–H groups in total. The van der Waals surface area contributed by atoms with Gasteiger partial charge in [0.1, 0.15) is 0 Å². The average molecular weight is 235 g/mol. The lowest BCUT2D eigenvalue weighted by Gasteiger charge is -2.64. The van der Waals surface area contributed by atoms with E-state index in [9.17, 15) is 0 Å². The van der Waals surface area contributed by atoms with Crippen molar-refractivity contribution < 1.29 is 4.74 Å². The zero-order valence-corrected chi connectivity index (χ0v) is 10.8. The third-order valence-corrected chi connectivity index (χ3v) is 6.06. The first-order chi connectivity index (χ1) is 8.40. The van der Waals surface area contributed by atoms with Crippen LogP contribution in [-0.2, 0) is 4.74 Å². The van der Waals surface area contributed by atoms with E-state index in [1.165, 1.54) is 57.8 Å². The molecule has 1 aliphatic heterocycles. The molecule has 17 heavy (non-hydrogen) atoms. The summed E-state index contributed by atoms with van der Waals surface area (Å²) in [5.41, 5.74) is 0.582. The van der Waals surface area contributed by atoms with Gasteiger partial charge in [-0.1, -0.05) is 25.7 Å². The molecule has 96 valence electrons. The van der Waals surface area contributed by atoms with Crippen molar-refractivity contribution in [2.24, 2.45) is 11.3 Å². The summed E-state index contributed by atoms with van der Waals surface area (Å²) in [5.74, 6) is 0.859. The topological polar surface area (TPSA) is 21.3 Å². The number of hydrogen-bond donors (Lipinski definition) is 1. The van der Waals surface area contributed by atoms with Crippen LogP contribution in [0.5, 0.6) is 0 Å². The highest BCUT2D eigenvalue weighted by molar-refractivity contribution is 5.18. The van der Waals surface area contributed by atoms with Gasteiger partial charge in [0.25, 0.3) is 0 Å². The predicted molar refractivity (Wildman–Crippen MR) is 67.9 cm³/mol. The maximum atomic E-state index is 5.99. The third-order valence-electron chi connectivity index (χ3n) is 6.06. The van der Waals surface area contributed by atoms with Gasteiger partial charge in [0.05, 0.1) is 6.10 Å². The fourth-order valence-corrected chi connectivity index (χ4v) is 5.02. The van der Waals surface area contributed by atoms with Crippen LogP contribution in [0.4, 0.5) is 0 Å². The lowest BCUT2D eigenvalue weighted by molar-refractivity contribution is -0.178. The molecular formula is C15H25NO. The van der Waals surface area contributed by atoms with Crippen LogP contribution in [0.2, 0.25) is 0 Å². The number of rotatable bonds is 2. The predicted octanol–water partition coefficient (Wildman–Crippen LogP) is 2.87. The van der Waals surface area contributed by atoms with Gasteiger partial charge >= 0.3 is 0 Å². The molecular weight excluding hydrogens is 210 g/mol. The van der Waals surface area contributed by atoms with E-state index in [2.05, 4.69) is 5.32 Å². The number of nitrogens with one attached hydrogen (secondary N) is 1. The Kier molecular flexibility index (Phi) is 2.52. The summed E-state index contributed by atoms with van der Waals surface area (Å²) in [6.45, 7) is 1.03. The van der Waals surface area contributed by atoms with Crippen LogP contribution in [0.15, 0.2) is 0 Å². The molecule has 0 bridgehead atoms. The largest absolute Gasteiger partial charge is 0.377 e. The highest BCUT2D eigenvalue weighted by Gasteiger charge is 2.66. The Morgan fingerprint density at radius 3 is 2.47 bits per heavy atom. The minimum absolute atomic E-state index is 0.582. The van der Waals surface area contributed by atoms with Gasteiger partial charge < -0.3 is 10.1 Å². The van der Waals surface area contributed by atoms with Crippen LogP contribution in [-0.4, -0.2) is 24.8 Å². The second-order valence-electron chi connectivity index (χ2n) is 6.81. The molecule has 2 nitrogen and oxygen atoms in total. The highest BCUT2D eigenvalue weighted by Crippen LogP contribution is 2.63. The Hall–Kier alpha value is -0.0800. The van der Waals surface area contributed by atoms with E-state index < -0.39 is 0 Å². The average Bonchev–Trinajstić information content (AvgIpc) is 2.71. The maximum Gasteiger partial charge on any atom is 0.0690 e. The van der Waals surface area contributed by atoms with Gasteiger partial charge in [0, 0.05) is 30.0 Å². The summed E-state index contributed by atoms with van der Waals surface area (Å²) in [6.07, 6.45) is 13.4. The second kappa shape index (κ2) is 3.96. The molecule has 0 amide bonds. The molecule has 0 aromatic rings. The van der Waals surface area contributed by atoms with Crippen LogP contribution in [0, 0.1) is 11.3 Å². The first-order valence-electron chi connectivity index (χ1n) is 7.78. The zero-order valence-electron chi connectivity index (χ0n) is 10.8. The first kappa shape index (κ1) is 10.8. The Morgan fingerprint density at radius 2 is 1.76 bits per heavy atom. The zero-order chi connectivity index (χ0) is 11.3. The molecule has 2 heteroatoms. The van der Waals surface area contributed by atoms with Gasteiger partial charge in [0.2, 0.25) is 0 Å². The summed E-state index contributed by atoms with van der Waals surface area (Å²) >= 11 is 0. The smallest absolute Gasteiger partial charge is 0.0690 e. The van der Waals surface area contributed by atoms with Gasteiger partial charge in [-0.15, -0.1) is 0 Å². The fraction of sp³-hybridized carbons (Fsp3) is 1.00. The van der Waals surface area contributed by atoms with Crippen molar-refractivity contribution in [2.75, 3.05) is 6.61 Å². The molecule has 1 spiro atoms. The van der Waals surface area contributed by atoms with Crippen LogP contribution in [0.1, 0.15) is 57.8 Å². The number of hydrogen-bond acceptors (Lipinski definition) is 2. The molecule has 0 aromatic heterocycles. The van der Waals surface area contributed by atoms with Crippen molar-refractivity contribution in [1.82, 2.24) is 5.32 Å². The van der Waals surface area contributed by atoms with E-state index >= 15 is 0 Å². The lowest BCUT2D eigenvalue weighted by atomic mass is 9.46. The molecule has 0 aromatic carbocycles. The Morgan fingerprint density at radius 1 is 0.941 bits per heavy atom. The normalized spacial score (nSPS) is 44.1. The quantitative estimate of drug-likeness (QED) is 0.794. The van der Waals surface area contributed by atoms with Crippen molar-refractivity contribution in [1.29, 1.82) is 0 Å². The van der Waals surface area contributed by atoms with Gasteiger partial charge in [-0.25, -0.2) is 0 Å². The highest BCUT2D eigenvalue weighted by atomic mass is 16.5. The molecule has 3 aliphatic carbocycles. The minimum Gasteiger partial charge on any atom is -0.377 e. The molecule has 3 saturated carbocycles. The molecule has 4 aliphatic rings. The van der Waals surface area contributed by atoms with E-state index in [1.807, 2.05) is 0 Å². The molecule has 4 fully saturated rings. The van der Waals surface area contributed by atoms with Crippen molar-refractivity contribution >= 4 is 0 Å². The number of ether oxygens (including phenoxy) is 1. The van der Waals surface area contributed by atoms with Gasteiger partial charge in [-0.2, -0.15) is 0 Å². The number of fused-ring (bicyclic) bond motifs is 2. The second-order valence-corrected chi connectivity index (χ2v) is 6.81.